The number of carbonyl (C=O) groups excluding carboxylic acids is 3. The molecule has 26 heavy (non-hydrogen) atoms. The van der Waals surface area contributed by atoms with Crippen molar-refractivity contribution in [1.82, 2.24) is 4.90 Å². The Kier molecular flexibility index (Phi) is 4.13. The van der Waals surface area contributed by atoms with Gasteiger partial charge in [-0.2, -0.15) is 0 Å². The van der Waals surface area contributed by atoms with Crippen LogP contribution < -0.4 is 0 Å². The van der Waals surface area contributed by atoms with Crippen LogP contribution in [-0.4, -0.2) is 53.8 Å². The van der Waals surface area contributed by atoms with Crippen LogP contribution in [0.25, 0.3) is 0 Å². The molecular weight excluding hydrogens is 336 g/mol. The molecule has 2 aliphatic rings. The van der Waals surface area contributed by atoms with E-state index in [9.17, 15) is 14.4 Å². The Morgan fingerprint density at radius 3 is 2.54 bits per heavy atom. The Bertz CT molecular complexity index is 810. The van der Waals surface area contributed by atoms with Crippen molar-refractivity contribution < 1.29 is 23.9 Å². The Morgan fingerprint density at radius 1 is 1.27 bits per heavy atom. The van der Waals surface area contributed by atoms with Gasteiger partial charge in [0.25, 0.3) is 0 Å². The number of amides is 1. The van der Waals surface area contributed by atoms with Crippen LogP contribution in [0, 0.1) is 5.41 Å². The topological polar surface area (TPSA) is 96.8 Å². The molecule has 1 aliphatic heterocycles. The number of nitrogens with one attached hydrogen (secondary N) is 1. The van der Waals surface area contributed by atoms with Crippen LogP contribution in [0.5, 0.6) is 0 Å². The second-order valence-electron chi connectivity index (χ2n) is 7.68. The summed E-state index contributed by atoms with van der Waals surface area (Å²) in [5, 5.41) is 8.16. The van der Waals surface area contributed by atoms with Gasteiger partial charge in [0.2, 0.25) is 0 Å². The summed E-state index contributed by atoms with van der Waals surface area (Å²) in [6, 6.07) is 6.11. The van der Waals surface area contributed by atoms with Crippen molar-refractivity contribution in [2.24, 2.45) is 0 Å². The number of likely N-dealkylation sites (tertiary alicyclic amines) is 1. The van der Waals surface area contributed by atoms with Crippen molar-refractivity contribution in [3.05, 3.63) is 35.4 Å². The molecule has 1 spiro atoms. The van der Waals surface area contributed by atoms with E-state index < -0.39 is 29.1 Å². The molecule has 1 aliphatic carbocycles. The lowest BCUT2D eigenvalue weighted by Gasteiger charge is -2.28. The number of ketones is 1. The second kappa shape index (κ2) is 5.93. The number of hydrogen-bond acceptors (Lipinski definition) is 6. The Labute approximate surface area is 151 Å². The maximum absolute atomic E-state index is 12.9. The zero-order chi connectivity index (χ0) is 19.3. The molecule has 0 aromatic heterocycles. The minimum atomic E-state index is -1.11. The fraction of sp³-hybridized carbons (Fsp3) is 0.474. The molecule has 0 bridgehead atoms. The number of ether oxygens (including phenoxy) is 2. The highest BCUT2D eigenvalue weighted by Gasteiger charge is 2.59. The van der Waals surface area contributed by atoms with Crippen molar-refractivity contribution >= 4 is 23.6 Å². The number of rotatable bonds is 1. The molecule has 2 atom stereocenters. The van der Waals surface area contributed by atoms with Gasteiger partial charge < -0.3 is 9.47 Å². The number of esters is 1. The van der Waals surface area contributed by atoms with E-state index in [1.165, 1.54) is 12.0 Å². The molecule has 1 aromatic carbocycles. The summed E-state index contributed by atoms with van der Waals surface area (Å²) in [6.45, 7) is 5.18. The minimum Gasteiger partial charge on any atom is -0.467 e. The van der Waals surface area contributed by atoms with E-state index in [2.05, 4.69) is 0 Å². The molecule has 1 amide bonds. The molecule has 1 unspecified atom stereocenters. The molecule has 1 N–H and O–H groups in total. The van der Waals surface area contributed by atoms with Gasteiger partial charge in [-0.1, -0.05) is 24.3 Å². The van der Waals surface area contributed by atoms with Crippen LogP contribution in [-0.2, 0) is 24.5 Å². The average molecular weight is 358 g/mol. The molecule has 1 heterocycles. The van der Waals surface area contributed by atoms with E-state index in [1.807, 2.05) is 0 Å². The van der Waals surface area contributed by atoms with E-state index >= 15 is 0 Å². The van der Waals surface area contributed by atoms with E-state index in [0.717, 1.165) is 0 Å². The summed E-state index contributed by atoms with van der Waals surface area (Å²) in [7, 11) is 1.24. The number of fused-ring (bicyclic) bond motifs is 2. The predicted octanol–water partition coefficient (Wildman–Crippen LogP) is 2.06. The Balaban J connectivity index is 2.04. The largest absolute Gasteiger partial charge is 0.467 e. The van der Waals surface area contributed by atoms with E-state index in [4.69, 9.17) is 14.9 Å². The SMILES string of the molecule is COC(=O)[C@@H]1CC2(CN1C(=O)OC(C)(C)C)C(=O)C(=N)c1ccccc12. The molecule has 138 valence electrons. The molecule has 1 fully saturated rings. The fourth-order valence-electron chi connectivity index (χ4n) is 3.73. The van der Waals surface area contributed by atoms with Crippen molar-refractivity contribution in [1.29, 1.82) is 5.41 Å². The van der Waals surface area contributed by atoms with Crippen LogP contribution in [0.3, 0.4) is 0 Å². The summed E-state index contributed by atoms with van der Waals surface area (Å²) < 4.78 is 10.3. The third kappa shape index (κ3) is 2.67. The van der Waals surface area contributed by atoms with Gasteiger partial charge in [0.05, 0.1) is 12.5 Å². The Hall–Kier alpha value is -2.70. The van der Waals surface area contributed by atoms with Gasteiger partial charge in [-0.15, -0.1) is 0 Å². The van der Waals surface area contributed by atoms with E-state index in [1.54, 1.807) is 45.0 Å². The summed E-state index contributed by atoms with van der Waals surface area (Å²) in [4.78, 5) is 39.2. The van der Waals surface area contributed by atoms with Gasteiger partial charge >= 0.3 is 12.1 Å². The van der Waals surface area contributed by atoms with Crippen LogP contribution in [0.15, 0.2) is 24.3 Å². The second-order valence-corrected chi connectivity index (χ2v) is 7.68. The zero-order valence-corrected chi connectivity index (χ0v) is 15.3. The van der Waals surface area contributed by atoms with Crippen LogP contribution >= 0.6 is 0 Å². The Morgan fingerprint density at radius 2 is 1.92 bits per heavy atom. The molecule has 1 aromatic rings. The van der Waals surface area contributed by atoms with Crippen LogP contribution in [0.2, 0.25) is 0 Å². The smallest absolute Gasteiger partial charge is 0.411 e. The first kappa shape index (κ1) is 18.1. The first-order valence-corrected chi connectivity index (χ1v) is 8.41. The third-order valence-electron chi connectivity index (χ3n) is 4.83. The highest BCUT2D eigenvalue weighted by Crippen LogP contribution is 2.46. The van der Waals surface area contributed by atoms with Crippen LogP contribution in [0.1, 0.15) is 38.3 Å². The third-order valence-corrected chi connectivity index (χ3v) is 4.83. The summed E-state index contributed by atoms with van der Waals surface area (Å²) >= 11 is 0. The number of benzene rings is 1. The molecule has 0 radical (unpaired) electrons. The highest BCUT2D eigenvalue weighted by atomic mass is 16.6. The quantitative estimate of drug-likeness (QED) is 0.775. The molecule has 1 saturated heterocycles. The molecule has 0 saturated carbocycles. The van der Waals surface area contributed by atoms with Crippen molar-refractivity contribution in [3.8, 4) is 0 Å². The van der Waals surface area contributed by atoms with Crippen molar-refractivity contribution in [2.45, 2.75) is 44.2 Å². The fourth-order valence-corrected chi connectivity index (χ4v) is 3.73. The maximum atomic E-state index is 12.9. The van der Waals surface area contributed by atoms with Gasteiger partial charge in [-0.05, 0) is 32.8 Å². The van der Waals surface area contributed by atoms with Crippen molar-refractivity contribution in [3.63, 3.8) is 0 Å². The van der Waals surface area contributed by atoms with Gasteiger partial charge in [0.15, 0.2) is 5.78 Å². The van der Waals surface area contributed by atoms with E-state index in [-0.39, 0.29) is 24.5 Å². The number of nitrogens with zero attached hydrogens (tertiary/aromatic N) is 1. The first-order valence-electron chi connectivity index (χ1n) is 8.41. The van der Waals surface area contributed by atoms with Gasteiger partial charge in [-0.3, -0.25) is 15.1 Å². The maximum Gasteiger partial charge on any atom is 0.411 e. The number of Topliss-reactive ketones (excluding diaryl/α,β-unsaturated/α-hetero) is 1. The minimum absolute atomic E-state index is 0.0140. The van der Waals surface area contributed by atoms with Crippen molar-refractivity contribution in [2.75, 3.05) is 13.7 Å². The molecule has 3 rings (SSSR count). The lowest BCUT2D eigenvalue weighted by atomic mass is 9.79. The van der Waals surface area contributed by atoms with E-state index in [0.29, 0.717) is 11.1 Å². The lowest BCUT2D eigenvalue weighted by molar-refractivity contribution is -0.145. The standard InChI is InChI=1S/C19H22N2O5/c1-18(2,3)26-17(24)21-10-19(9-13(21)16(23)25-4)12-8-6-5-7-11(12)14(20)15(19)22/h5-8,13,20H,9-10H2,1-4H3/t13-,19?/m0/s1. The summed E-state index contributed by atoms with van der Waals surface area (Å²) in [5.41, 5.74) is -0.710. The number of methoxy groups -OCH3 is 1. The molecule has 7 heteroatoms. The molecular formula is C19H22N2O5. The molecule has 7 nitrogen and oxygen atoms in total. The van der Waals surface area contributed by atoms with Crippen LogP contribution in [0.4, 0.5) is 4.79 Å². The number of hydrogen-bond donors (Lipinski definition) is 1. The summed E-state index contributed by atoms with van der Waals surface area (Å²) in [5.74, 6) is -0.977. The normalized spacial score (nSPS) is 24.8. The first-order chi connectivity index (χ1) is 12.1. The summed E-state index contributed by atoms with van der Waals surface area (Å²) in [6.07, 6.45) is -0.592. The predicted molar refractivity (Wildman–Crippen MR) is 93.3 cm³/mol. The monoisotopic (exact) mass is 358 g/mol. The van der Waals surface area contributed by atoms with Gasteiger partial charge in [0, 0.05) is 12.1 Å². The highest BCUT2D eigenvalue weighted by molar-refractivity contribution is 6.51. The average Bonchev–Trinajstić information content (AvgIpc) is 3.08. The number of carbonyl (C=O) groups is 3. The lowest BCUT2D eigenvalue weighted by Crippen LogP contribution is -2.44. The van der Waals surface area contributed by atoms with Gasteiger partial charge in [-0.25, -0.2) is 9.59 Å². The zero-order valence-electron chi connectivity index (χ0n) is 15.3. The van der Waals surface area contributed by atoms with Gasteiger partial charge in [0.1, 0.15) is 17.4 Å².